The van der Waals surface area contributed by atoms with E-state index in [1.54, 1.807) is 4.90 Å². The number of carbonyl (C=O) groups is 2. The van der Waals surface area contributed by atoms with Crippen molar-refractivity contribution in [3.8, 4) is 0 Å². The monoisotopic (exact) mass is 371 g/mol. The van der Waals surface area contributed by atoms with Crippen LogP contribution in [0.15, 0.2) is 30.3 Å². The molecule has 0 unspecified atom stereocenters. The van der Waals surface area contributed by atoms with Crippen molar-refractivity contribution in [2.45, 2.75) is 50.1 Å². The molecule has 4 rings (SSSR count). The first kappa shape index (κ1) is 18.3. The molecule has 2 N–H and O–H groups in total. The third-order valence-electron chi connectivity index (χ3n) is 6.56. The summed E-state index contributed by atoms with van der Waals surface area (Å²) in [5.41, 5.74) is 0.771. The summed E-state index contributed by atoms with van der Waals surface area (Å²) in [5, 5.41) is 13.0. The average Bonchev–Trinajstić information content (AvgIpc) is 2.57. The zero-order chi connectivity index (χ0) is 19.0. The molecule has 6 nitrogen and oxygen atoms in total. The second-order valence-corrected chi connectivity index (χ2v) is 8.17. The minimum absolute atomic E-state index is 0.0399. The number of urea groups is 1. The predicted octanol–water partition coefficient (Wildman–Crippen LogP) is 1.95. The molecule has 2 aliphatic heterocycles. The number of rotatable bonds is 5. The number of nitrogens with one attached hydrogen (secondary N) is 1. The Kier molecular flexibility index (Phi) is 4.84. The van der Waals surface area contributed by atoms with Gasteiger partial charge in [0.1, 0.15) is 0 Å². The minimum atomic E-state index is -0.370. The van der Waals surface area contributed by atoms with Crippen molar-refractivity contribution >= 4 is 11.9 Å². The molecule has 1 aliphatic carbocycles. The van der Waals surface area contributed by atoms with Gasteiger partial charge in [-0.2, -0.15) is 0 Å². The van der Waals surface area contributed by atoms with E-state index in [9.17, 15) is 14.7 Å². The van der Waals surface area contributed by atoms with Crippen LogP contribution < -0.4 is 5.32 Å². The van der Waals surface area contributed by atoms with E-state index in [1.165, 1.54) is 0 Å². The highest BCUT2D eigenvalue weighted by molar-refractivity contribution is 5.84. The molecule has 1 saturated carbocycles. The lowest BCUT2D eigenvalue weighted by molar-refractivity contribution is -0.199. The van der Waals surface area contributed by atoms with Gasteiger partial charge in [-0.25, -0.2) is 4.79 Å². The summed E-state index contributed by atoms with van der Waals surface area (Å²) in [4.78, 5) is 29.2. The number of hydrogen-bond donors (Lipinski definition) is 2. The maximum Gasteiger partial charge on any atom is 0.317 e. The molecule has 0 radical (unpaired) electrons. The molecule has 0 aromatic heterocycles. The minimum Gasteiger partial charge on any atom is -0.394 e. The second kappa shape index (κ2) is 7.15. The zero-order valence-electron chi connectivity index (χ0n) is 15.9. The SMILES string of the molecule is CCCNC(=O)N1CC2(C1)[C@@H](c1ccccc1)[C@H](CO)N2C(=O)C1CCC1. The summed E-state index contributed by atoms with van der Waals surface area (Å²) >= 11 is 0. The summed E-state index contributed by atoms with van der Waals surface area (Å²) in [6.07, 6.45) is 3.89. The standard InChI is InChI=1S/C21H29N3O3/c1-2-11-22-20(27)23-13-21(14-23)18(15-7-4-3-5-8-15)17(12-25)24(21)19(26)16-9-6-10-16/h3-5,7-8,16-18,25H,2,6,9-14H2,1H3,(H,22,27)/t17-,18-/m0/s1. The first-order valence-corrected chi connectivity index (χ1v) is 10.1. The first-order valence-electron chi connectivity index (χ1n) is 10.1. The maximum atomic E-state index is 13.1. The number of likely N-dealkylation sites (tertiary alicyclic amines) is 2. The highest BCUT2D eigenvalue weighted by atomic mass is 16.3. The Morgan fingerprint density at radius 2 is 1.93 bits per heavy atom. The van der Waals surface area contributed by atoms with E-state index in [2.05, 4.69) is 17.4 Å². The van der Waals surface area contributed by atoms with Crippen LogP contribution in [0, 0.1) is 5.92 Å². The smallest absolute Gasteiger partial charge is 0.317 e. The Bertz CT molecular complexity index is 698. The largest absolute Gasteiger partial charge is 0.394 e. The molecule has 1 aromatic rings. The molecular formula is C21H29N3O3. The van der Waals surface area contributed by atoms with E-state index in [1.807, 2.05) is 30.0 Å². The molecule has 2 atom stereocenters. The van der Waals surface area contributed by atoms with Gasteiger partial charge in [0.25, 0.3) is 0 Å². The summed E-state index contributed by atoms with van der Waals surface area (Å²) < 4.78 is 0. The topological polar surface area (TPSA) is 72.9 Å². The number of benzene rings is 1. The lowest BCUT2D eigenvalue weighted by atomic mass is 9.60. The van der Waals surface area contributed by atoms with E-state index in [0.717, 1.165) is 31.2 Å². The summed E-state index contributed by atoms with van der Waals surface area (Å²) in [6, 6.07) is 9.86. The Hall–Kier alpha value is -2.08. The molecule has 3 aliphatic rings. The highest BCUT2D eigenvalue weighted by Crippen LogP contribution is 2.55. The van der Waals surface area contributed by atoms with E-state index in [4.69, 9.17) is 0 Å². The third kappa shape index (κ3) is 2.81. The van der Waals surface area contributed by atoms with Crippen molar-refractivity contribution in [3.63, 3.8) is 0 Å². The third-order valence-corrected chi connectivity index (χ3v) is 6.56. The summed E-state index contributed by atoms with van der Waals surface area (Å²) in [6.45, 7) is 3.73. The van der Waals surface area contributed by atoms with Crippen LogP contribution >= 0.6 is 0 Å². The molecular weight excluding hydrogens is 342 g/mol. The van der Waals surface area contributed by atoms with Crippen LogP contribution in [0.3, 0.4) is 0 Å². The normalized spacial score (nSPS) is 26.1. The quantitative estimate of drug-likeness (QED) is 0.831. The van der Waals surface area contributed by atoms with Crippen LogP contribution in [-0.4, -0.2) is 64.7 Å². The van der Waals surface area contributed by atoms with Crippen molar-refractivity contribution in [2.75, 3.05) is 26.2 Å². The maximum absolute atomic E-state index is 13.1. The van der Waals surface area contributed by atoms with Crippen LogP contribution in [0.1, 0.15) is 44.1 Å². The summed E-state index contributed by atoms with van der Waals surface area (Å²) in [7, 11) is 0. The van der Waals surface area contributed by atoms with E-state index in [-0.39, 0.29) is 42.0 Å². The number of aliphatic hydroxyl groups excluding tert-OH is 1. The van der Waals surface area contributed by atoms with E-state index >= 15 is 0 Å². The van der Waals surface area contributed by atoms with Gasteiger partial charge in [-0.15, -0.1) is 0 Å². The average molecular weight is 371 g/mol. The predicted molar refractivity (Wildman–Crippen MR) is 102 cm³/mol. The second-order valence-electron chi connectivity index (χ2n) is 8.17. The van der Waals surface area contributed by atoms with Gasteiger partial charge in [0.2, 0.25) is 5.91 Å². The van der Waals surface area contributed by atoms with Crippen LogP contribution in [0.5, 0.6) is 0 Å². The molecule has 0 bridgehead atoms. The number of hydrogen-bond acceptors (Lipinski definition) is 3. The molecule has 1 aromatic carbocycles. The Morgan fingerprint density at radius 3 is 2.48 bits per heavy atom. The van der Waals surface area contributed by atoms with Gasteiger partial charge >= 0.3 is 6.03 Å². The molecule has 1 spiro atoms. The van der Waals surface area contributed by atoms with E-state index < -0.39 is 0 Å². The molecule has 27 heavy (non-hydrogen) atoms. The van der Waals surface area contributed by atoms with Crippen molar-refractivity contribution in [2.24, 2.45) is 5.92 Å². The van der Waals surface area contributed by atoms with E-state index in [0.29, 0.717) is 19.6 Å². The van der Waals surface area contributed by atoms with Crippen LogP contribution in [-0.2, 0) is 4.79 Å². The van der Waals surface area contributed by atoms with Gasteiger partial charge < -0.3 is 20.2 Å². The lowest BCUT2D eigenvalue weighted by Crippen LogP contribution is -2.86. The van der Waals surface area contributed by atoms with Crippen LogP contribution in [0.4, 0.5) is 4.79 Å². The Balaban J connectivity index is 1.58. The fourth-order valence-corrected chi connectivity index (χ4v) is 4.97. The van der Waals surface area contributed by atoms with Crippen molar-refractivity contribution in [3.05, 3.63) is 35.9 Å². The zero-order valence-corrected chi connectivity index (χ0v) is 15.9. The van der Waals surface area contributed by atoms with Gasteiger partial charge in [-0.3, -0.25) is 4.79 Å². The van der Waals surface area contributed by atoms with Gasteiger partial charge in [0, 0.05) is 31.5 Å². The van der Waals surface area contributed by atoms with Gasteiger partial charge in [0.05, 0.1) is 18.2 Å². The molecule has 6 heteroatoms. The highest BCUT2D eigenvalue weighted by Gasteiger charge is 2.68. The molecule has 3 fully saturated rings. The fourth-order valence-electron chi connectivity index (χ4n) is 4.97. The van der Waals surface area contributed by atoms with Gasteiger partial charge in [-0.05, 0) is 24.8 Å². The van der Waals surface area contributed by atoms with Crippen molar-refractivity contribution in [1.29, 1.82) is 0 Å². The molecule has 146 valence electrons. The van der Waals surface area contributed by atoms with Crippen molar-refractivity contribution in [1.82, 2.24) is 15.1 Å². The fraction of sp³-hybridized carbons (Fsp3) is 0.619. The number of nitrogens with zero attached hydrogens (tertiary/aromatic N) is 2. The molecule has 3 amide bonds. The van der Waals surface area contributed by atoms with Crippen LogP contribution in [0.25, 0.3) is 0 Å². The Labute approximate surface area is 160 Å². The Morgan fingerprint density at radius 1 is 1.22 bits per heavy atom. The van der Waals surface area contributed by atoms with Crippen LogP contribution in [0.2, 0.25) is 0 Å². The van der Waals surface area contributed by atoms with Gasteiger partial charge in [-0.1, -0.05) is 43.7 Å². The lowest BCUT2D eigenvalue weighted by Gasteiger charge is -2.71. The summed E-state index contributed by atoms with van der Waals surface area (Å²) in [5.74, 6) is 0.333. The first-order chi connectivity index (χ1) is 13.1. The molecule has 2 heterocycles. The number of carbonyl (C=O) groups excluding carboxylic acids is 2. The number of aliphatic hydroxyl groups is 1. The van der Waals surface area contributed by atoms with Gasteiger partial charge in [0.15, 0.2) is 0 Å². The van der Waals surface area contributed by atoms with Crippen molar-refractivity contribution < 1.29 is 14.7 Å². The number of amides is 3. The molecule has 2 saturated heterocycles.